The van der Waals surface area contributed by atoms with Crippen LogP contribution in [-0.4, -0.2) is 51.9 Å². The van der Waals surface area contributed by atoms with E-state index in [1.807, 2.05) is 18.2 Å². The number of hydrogen-bond donors (Lipinski definition) is 1. The Hall–Kier alpha value is -0.970. The van der Waals surface area contributed by atoms with Crippen LogP contribution in [0.1, 0.15) is 0 Å². The highest BCUT2D eigenvalue weighted by Gasteiger charge is 2.14. The first-order valence-corrected chi connectivity index (χ1v) is 6.56. The van der Waals surface area contributed by atoms with Gasteiger partial charge in [0.2, 0.25) is 0 Å². The minimum Gasteiger partial charge on any atom is -0.495 e. The van der Waals surface area contributed by atoms with Crippen LogP contribution in [0.15, 0.2) is 18.2 Å². The van der Waals surface area contributed by atoms with Gasteiger partial charge in [0.1, 0.15) is 5.75 Å². The number of hydrogen-bond acceptors (Lipinski definition) is 4. The minimum atomic E-state index is 0.734. The number of ether oxygens (including phenoxy) is 1. The lowest BCUT2D eigenvalue weighted by atomic mass is 10.2. The van der Waals surface area contributed by atoms with Crippen molar-refractivity contribution in [1.82, 2.24) is 10.2 Å². The number of nitrogens with one attached hydrogen (secondary N) is 1. The molecule has 0 spiro atoms. The Morgan fingerprint density at radius 2 is 2.11 bits per heavy atom. The van der Waals surface area contributed by atoms with E-state index in [9.17, 15) is 0 Å². The summed E-state index contributed by atoms with van der Waals surface area (Å²) in [6.45, 7) is 5.15. The van der Waals surface area contributed by atoms with Crippen LogP contribution < -0.4 is 15.0 Å². The van der Waals surface area contributed by atoms with E-state index in [0.29, 0.717) is 0 Å². The largest absolute Gasteiger partial charge is 0.495 e. The molecule has 1 aliphatic heterocycles. The van der Waals surface area contributed by atoms with Crippen LogP contribution >= 0.6 is 11.6 Å². The van der Waals surface area contributed by atoms with E-state index < -0.39 is 0 Å². The molecule has 0 saturated carbocycles. The lowest BCUT2D eigenvalue weighted by Crippen LogP contribution is -2.47. The molecule has 0 atom stereocenters. The second kappa shape index (κ2) is 6.27. The molecule has 1 heterocycles. The maximum atomic E-state index is 6.05. The summed E-state index contributed by atoms with van der Waals surface area (Å²) < 4.78 is 5.38. The third-order valence-corrected chi connectivity index (χ3v) is 3.41. The first kappa shape index (κ1) is 13.5. The number of halogens is 1. The van der Waals surface area contributed by atoms with Gasteiger partial charge < -0.3 is 15.0 Å². The molecule has 2 rings (SSSR count). The Morgan fingerprint density at radius 1 is 1.39 bits per heavy atom. The van der Waals surface area contributed by atoms with Crippen LogP contribution in [0.25, 0.3) is 0 Å². The molecule has 100 valence electrons. The molecule has 0 bridgehead atoms. The standard InChI is InChI=1S/C13H20ClN3O/c1-16(10-17-7-5-15-6-8-17)12-9-11(14)3-4-13(12)18-2/h3-4,9,15H,5-8,10H2,1-2H3. The van der Waals surface area contributed by atoms with Gasteiger partial charge in [-0.05, 0) is 18.2 Å². The van der Waals surface area contributed by atoms with Crippen LogP contribution in [0, 0.1) is 0 Å². The molecule has 18 heavy (non-hydrogen) atoms. The van der Waals surface area contributed by atoms with Crippen molar-refractivity contribution in [2.75, 3.05) is 51.9 Å². The molecule has 0 amide bonds. The van der Waals surface area contributed by atoms with Crippen molar-refractivity contribution in [1.29, 1.82) is 0 Å². The van der Waals surface area contributed by atoms with Crippen molar-refractivity contribution < 1.29 is 4.74 Å². The van der Waals surface area contributed by atoms with Crippen molar-refractivity contribution >= 4 is 17.3 Å². The van der Waals surface area contributed by atoms with Gasteiger partial charge in [-0.25, -0.2) is 0 Å². The number of methoxy groups -OCH3 is 1. The summed E-state index contributed by atoms with van der Waals surface area (Å²) in [6.07, 6.45) is 0. The average Bonchev–Trinajstić information content (AvgIpc) is 2.40. The normalized spacial score (nSPS) is 16.6. The summed E-state index contributed by atoms with van der Waals surface area (Å²) in [7, 11) is 3.75. The second-order valence-corrected chi connectivity index (χ2v) is 4.96. The molecule has 1 saturated heterocycles. The van der Waals surface area contributed by atoms with Crippen molar-refractivity contribution in [2.45, 2.75) is 0 Å². The first-order chi connectivity index (χ1) is 8.70. The van der Waals surface area contributed by atoms with E-state index in [2.05, 4.69) is 22.2 Å². The first-order valence-electron chi connectivity index (χ1n) is 6.18. The smallest absolute Gasteiger partial charge is 0.142 e. The summed E-state index contributed by atoms with van der Waals surface area (Å²) in [5.74, 6) is 0.858. The molecule has 5 heteroatoms. The SMILES string of the molecule is COc1ccc(Cl)cc1N(C)CN1CCNCC1. The van der Waals surface area contributed by atoms with Crippen molar-refractivity contribution in [3.05, 3.63) is 23.2 Å². The Kier molecular flexibility index (Phi) is 4.69. The third kappa shape index (κ3) is 3.28. The van der Waals surface area contributed by atoms with Crippen LogP contribution in [0.4, 0.5) is 5.69 Å². The summed E-state index contributed by atoms with van der Waals surface area (Å²) >= 11 is 6.05. The molecule has 1 aliphatic rings. The number of anilines is 1. The van der Waals surface area contributed by atoms with Gasteiger partial charge in [-0.15, -0.1) is 0 Å². The van der Waals surface area contributed by atoms with Crippen molar-refractivity contribution in [2.24, 2.45) is 0 Å². The van der Waals surface area contributed by atoms with E-state index in [4.69, 9.17) is 16.3 Å². The minimum absolute atomic E-state index is 0.734. The summed E-state index contributed by atoms with van der Waals surface area (Å²) in [6, 6.07) is 5.71. The molecular formula is C13H20ClN3O. The van der Waals surface area contributed by atoms with Crippen LogP contribution in [-0.2, 0) is 0 Å². The Balaban J connectivity index is 2.07. The van der Waals surface area contributed by atoms with Gasteiger partial charge in [-0.2, -0.15) is 0 Å². The van der Waals surface area contributed by atoms with E-state index in [1.54, 1.807) is 7.11 Å². The highest BCUT2D eigenvalue weighted by molar-refractivity contribution is 6.30. The Labute approximate surface area is 113 Å². The molecule has 0 unspecified atom stereocenters. The Morgan fingerprint density at radius 3 is 2.78 bits per heavy atom. The fourth-order valence-corrected chi connectivity index (χ4v) is 2.36. The fourth-order valence-electron chi connectivity index (χ4n) is 2.19. The van der Waals surface area contributed by atoms with Gasteiger partial charge in [0.15, 0.2) is 0 Å². The zero-order valence-corrected chi connectivity index (χ0v) is 11.7. The highest BCUT2D eigenvalue weighted by atomic mass is 35.5. The molecule has 1 N–H and O–H groups in total. The molecule has 0 aliphatic carbocycles. The molecule has 4 nitrogen and oxygen atoms in total. The maximum Gasteiger partial charge on any atom is 0.142 e. The monoisotopic (exact) mass is 269 g/mol. The average molecular weight is 270 g/mol. The van der Waals surface area contributed by atoms with Gasteiger partial charge in [-0.1, -0.05) is 11.6 Å². The maximum absolute atomic E-state index is 6.05. The van der Waals surface area contributed by atoms with E-state index in [0.717, 1.165) is 49.3 Å². The van der Waals surface area contributed by atoms with Gasteiger partial charge in [0.25, 0.3) is 0 Å². The lowest BCUT2D eigenvalue weighted by molar-refractivity contribution is 0.243. The molecule has 1 aromatic carbocycles. The zero-order valence-electron chi connectivity index (χ0n) is 10.9. The third-order valence-electron chi connectivity index (χ3n) is 3.17. The van der Waals surface area contributed by atoms with E-state index >= 15 is 0 Å². The summed E-state index contributed by atoms with van der Waals surface area (Å²) in [4.78, 5) is 4.59. The van der Waals surface area contributed by atoms with Gasteiger partial charge in [0.05, 0.1) is 19.5 Å². The predicted molar refractivity (Wildman–Crippen MR) is 75.7 cm³/mol. The van der Waals surface area contributed by atoms with E-state index in [-0.39, 0.29) is 0 Å². The molecule has 0 aromatic heterocycles. The van der Waals surface area contributed by atoms with Gasteiger partial charge in [0, 0.05) is 38.2 Å². The number of benzene rings is 1. The van der Waals surface area contributed by atoms with Crippen LogP contribution in [0.5, 0.6) is 5.75 Å². The quantitative estimate of drug-likeness (QED) is 0.900. The van der Waals surface area contributed by atoms with E-state index in [1.165, 1.54) is 0 Å². The van der Waals surface area contributed by atoms with Crippen LogP contribution in [0.2, 0.25) is 5.02 Å². The molecule has 1 aromatic rings. The predicted octanol–water partition coefficient (Wildman–Crippen LogP) is 1.65. The highest BCUT2D eigenvalue weighted by Crippen LogP contribution is 2.30. The van der Waals surface area contributed by atoms with Crippen LogP contribution in [0.3, 0.4) is 0 Å². The number of rotatable bonds is 4. The molecule has 0 radical (unpaired) electrons. The number of piperazine rings is 1. The second-order valence-electron chi connectivity index (χ2n) is 4.52. The fraction of sp³-hybridized carbons (Fsp3) is 0.538. The molecular weight excluding hydrogens is 250 g/mol. The zero-order chi connectivity index (χ0) is 13.0. The summed E-state index contributed by atoms with van der Waals surface area (Å²) in [5, 5.41) is 4.09. The lowest BCUT2D eigenvalue weighted by Gasteiger charge is -2.32. The van der Waals surface area contributed by atoms with Gasteiger partial charge >= 0.3 is 0 Å². The van der Waals surface area contributed by atoms with Gasteiger partial charge in [-0.3, -0.25) is 4.90 Å². The topological polar surface area (TPSA) is 27.7 Å². The molecule has 1 fully saturated rings. The Bertz CT molecular complexity index is 394. The van der Waals surface area contributed by atoms with Crippen molar-refractivity contribution in [3.63, 3.8) is 0 Å². The summed E-state index contributed by atoms with van der Waals surface area (Å²) in [5.41, 5.74) is 1.03. The number of nitrogens with zero attached hydrogens (tertiary/aromatic N) is 2. The van der Waals surface area contributed by atoms with Crippen molar-refractivity contribution in [3.8, 4) is 5.75 Å².